The maximum atomic E-state index is 2.65. The molecule has 0 aliphatic heterocycles. The molecular weight excluding hydrogens is 811 g/mol. The normalized spacial score (nSPS) is 13.2. The van der Waals surface area contributed by atoms with Crippen LogP contribution in [-0.2, 0) is 10.8 Å². The highest BCUT2D eigenvalue weighted by molar-refractivity contribution is 6.40. The van der Waals surface area contributed by atoms with Gasteiger partial charge in [0.2, 0.25) is 0 Å². The van der Waals surface area contributed by atoms with Gasteiger partial charge in [0.15, 0.2) is 0 Å². The number of rotatable bonds is 2. The van der Waals surface area contributed by atoms with Crippen molar-refractivity contribution in [3.8, 4) is 16.8 Å². The SMILES string of the molecule is CC(C)(C)c1cc(-c2ccc3c(c2)c2ccccc2n3-c2ccccc2)c2c(c1)c1cc(C(C)(C)C)cc3c4c5c6cc7ccccc7c7c8c9ccccc9ccc8n(c5ccc4n2c13)c67. The van der Waals surface area contributed by atoms with Gasteiger partial charge in [0.25, 0.3) is 0 Å². The summed E-state index contributed by atoms with van der Waals surface area (Å²) in [6, 6.07) is 66.9. The van der Waals surface area contributed by atoms with Crippen molar-refractivity contribution in [2.45, 2.75) is 52.4 Å². The fourth-order valence-corrected chi connectivity index (χ4v) is 12.4. The Balaban J connectivity index is 1.13. The Morgan fingerprint density at radius 2 is 0.836 bits per heavy atom. The Morgan fingerprint density at radius 1 is 0.313 bits per heavy atom. The number of hydrogen-bond donors (Lipinski definition) is 0. The molecule has 0 fully saturated rings. The lowest BCUT2D eigenvalue weighted by molar-refractivity contribution is 0.591. The summed E-state index contributed by atoms with van der Waals surface area (Å²) in [4.78, 5) is 0. The van der Waals surface area contributed by atoms with Gasteiger partial charge in [-0.2, -0.15) is 0 Å². The van der Waals surface area contributed by atoms with E-state index in [1.165, 1.54) is 147 Å². The first-order chi connectivity index (χ1) is 32.5. The van der Waals surface area contributed by atoms with Crippen LogP contribution in [0.2, 0.25) is 0 Å². The van der Waals surface area contributed by atoms with E-state index in [1.807, 2.05) is 0 Å². The van der Waals surface area contributed by atoms with Crippen molar-refractivity contribution < 1.29 is 0 Å². The Bertz CT molecular complexity index is 4620. The molecule has 15 aromatic rings. The van der Waals surface area contributed by atoms with Crippen LogP contribution in [0, 0.1) is 0 Å². The second-order valence-corrected chi connectivity index (χ2v) is 21.3. The van der Waals surface area contributed by atoms with Crippen LogP contribution in [-0.4, -0.2) is 13.4 Å². The quantitative estimate of drug-likeness (QED) is 0.164. The van der Waals surface area contributed by atoms with Gasteiger partial charge in [0, 0.05) is 65.1 Å². The minimum absolute atomic E-state index is 0.0683. The van der Waals surface area contributed by atoms with Crippen molar-refractivity contribution in [1.82, 2.24) is 13.4 Å². The standard InChI is InChI=1S/C64H47N3/c1-63(2,3)39-32-45(38-25-26-52-46(30-38)44-22-14-15-23-51(44)65(52)41-18-8-7-9-19-41)60-47(33-39)48-34-40(64(4,5)6)35-50-58-55(67(60)61(48)50)29-28-54-57(58)49-31-37-17-11-13-21-43(37)59-56-42-20-12-10-16-36(42)24-27-53(56)66(54)62(49)59/h7-35H,1-6H3. The average molecular weight is 858 g/mol. The second-order valence-electron chi connectivity index (χ2n) is 21.3. The van der Waals surface area contributed by atoms with Crippen LogP contribution in [0.4, 0.5) is 0 Å². The van der Waals surface area contributed by atoms with Gasteiger partial charge in [0.05, 0.1) is 44.1 Å². The van der Waals surface area contributed by atoms with Gasteiger partial charge in [-0.1, -0.05) is 139 Å². The van der Waals surface area contributed by atoms with E-state index in [0.29, 0.717) is 0 Å². The van der Waals surface area contributed by atoms with Gasteiger partial charge in [-0.05, 0) is 128 Å². The predicted molar refractivity (Wildman–Crippen MR) is 288 cm³/mol. The van der Waals surface area contributed by atoms with Crippen molar-refractivity contribution in [2.75, 3.05) is 0 Å². The molecule has 0 N–H and O–H groups in total. The summed E-state index contributed by atoms with van der Waals surface area (Å²) in [6.07, 6.45) is 0. The lowest BCUT2D eigenvalue weighted by Crippen LogP contribution is -2.11. The molecule has 0 saturated carbocycles. The zero-order valence-corrected chi connectivity index (χ0v) is 38.6. The highest BCUT2D eigenvalue weighted by Gasteiger charge is 2.30. The third-order valence-corrected chi connectivity index (χ3v) is 15.5. The van der Waals surface area contributed by atoms with Gasteiger partial charge >= 0.3 is 0 Å². The van der Waals surface area contributed by atoms with Crippen molar-refractivity contribution in [3.63, 3.8) is 0 Å². The molecule has 0 spiro atoms. The Hall–Kier alpha value is -7.88. The maximum Gasteiger partial charge on any atom is 0.0627 e. The van der Waals surface area contributed by atoms with E-state index < -0.39 is 0 Å². The molecule has 0 saturated heterocycles. The van der Waals surface area contributed by atoms with E-state index in [-0.39, 0.29) is 10.8 Å². The number of hydrogen-bond acceptors (Lipinski definition) is 0. The van der Waals surface area contributed by atoms with Crippen LogP contribution in [0.1, 0.15) is 52.7 Å². The zero-order valence-electron chi connectivity index (χ0n) is 38.6. The highest BCUT2D eigenvalue weighted by atomic mass is 15.0. The van der Waals surface area contributed by atoms with Crippen LogP contribution in [0.3, 0.4) is 0 Å². The highest BCUT2D eigenvalue weighted by Crippen LogP contribution is 2.52. The van der Waals surface area contributed by atoms with E-state index in [0.717, 1.165) is 0 Å². The smallest absolute Gasteiger partial charge is 0.0627 e. The van der Waals surface area contributed by atoms with E-state index in [2.05, 4.69) is 231 Å². The Morgan fingerprint density at radius 3 is 1.57 bits per heavy atom. The number of aromatic nitrogens is 3. The Kier molecular flexibility index (Phi) is 6.97. The molecule has 3 nitrogen and oxygen atoms in total. The average Bonchev–Trinajstić information content (AvgIpc) is 4.13. The summed E-state index contributed by atoms with van der Waals surface area (Å²) in [5.74, 6) is 0. The summed E-state index contributed by atoms with van der Waals surface area (Å²) in [5, 5.41) is 18.4. The molecule has 0 aliphatic carbocycles. The summed E-state index contributed by atoms with van der Waals surface area (Å²) in [6.45, 7) is 14.2. The van der Waals surface area contributed by atoms with Gasteiger partial charge in [0.1, 0.15) is 0 Å². The van der Waals surface area contributed by atoms with Gasteiger partial charge in [-0.15, -0.1) is 0 Å². The Labute approximate surface area is 387 Å². The number of benzene rings is 10. The lowest BCUT2D eigenvalue weighted by Gasteiger charge is -2.22. The van der Waals surface area contributed by atoms with Crippen LogP contribution in [0.25, 0.3) is 136 Å². The molecule has 15 rings (SSSR count). The molecular formula is C64H47N3. The van der Waals surface area contributed by atoms with E-state index in [1.54, 1.807) is 0 Å². The summed E-state index contributed by atoms with van der Waals surface area (Å²) in [7, 11) is 0. The molecule has 0 unspecified atom stereocenters. The van der Waals surface area contributed by atoms with Crippen molar-refractivity contribution in [2.24, 2.45) is 0 Å². The molecule has 5 aromatic heterocycles. The van der Waals surface area contributed by atoms with Crippen molar-refractivity contribution in [1.29, 1.82) is 0 Å². The predicted octanol–water partition coefficient (Wildman–Crippen LogP) is 17.7. The molecule has 0 atom stereocenters. The van der Waals surface area contributed by atoms with E-state index >= 15 is 0 Å². The summed E-state index contributed by atoms with van der Waals surface area (Å²) in [5.41, 5.74) is 16.4. The third kappa shape index (κ3) is 4.76. The minimum Gasteiger partial charge on any atom is -0.309 e. The van der Waals surface area contributed by atoms with Crippen LogP contribution in [0.5, 0.6) is 0 Å². The van der Waals surface area contributed by atoms with Crippen LogP contribution < -0.4 is 0 Å². The minimum atomic E-state index is -0.0684. The molecule has 5 heterocycles. The van der Waals surface area contributed by atoms with Crippen molar-refractivity contribution >= 4 is 120 Å². The molecule has 10 aromatic carbocycles. The molecule has 3 heteroatoms. The largest absolute Gasteiger partial charge is 0.309 e. The first kappa shape index (κ1) is 37.4. The third-order valence-electron chi connectivity index (χ3n) is 15.5. The molecule has 67 heavy (non-hydrogen) atoms. The number of nitrogens with zero attached hydrogens (tertiary/aromatic N) is 3. The molecule has 0 radical (unpaired) electrons. The fraction of sp³-hybridized carbons (Fsp3) is 0.125. The first-order valence-electron chi connectivity index (χ1n) is 23.9. The van der Waals surface area contributed by atoms with Gasteiger partial charge in [-0.3, -0.25) is 0 Å². The molecule has 0 amide bonds. The molecule has 0 bridgehead atoms. The first-order valence-corrected chi connectivity index (χ1v) is 23.9. The number of fused-ring (bicyclic) bond motifs is 20. The van der Waals surface area contributed by atoms with Crippen LogP contribution in [0.15, 0.2) is 176 Å². The summed E-state index contributed by atoms with van der Waals surface area (Å²) < 4.78 is 7.66. The lowest BCUT2D eigenvalue weighted by atomic mass is 9.83. The topological polar surface area (TPSA) is 13.8 Å². The number of para-hydroxylation sites is 2. The molecule has 318 valence electrons. The van der Waals surface area contributed by atoms with E-state index in [9.17, 15) is 0 Å². The summed E-state index contributed by atoms with van der Waals surface area (Å²) >= 11 is 0. The maximum absolute atomic E-state index is 2.65. The fourth-order valence-electron chi connectivity index (χ4n) is 12.4. The van der Waals surface area contributed by atoms with Crippen LogP contribution >= 0.6 is 0 Å². The van der Waals surface area contributed by atoms with Gasteiger partial charge in [-0.25, -0.2) is 0 Å². The van der Waals surface area contributed by atoms with Gasteiger partial charge < -0.3 is 13.4 Å². The molecule has 0 aliphatic rings. The van der Waals surface area contributed by atoms with Crippen molar-refractivity contribution in [3.05, 3.63) is 187 Å². The zero-order chi connectivity index (χ0) is 44.8. The monoisotopic (exact) mass is 857 g/mol. The van der Waals surface area contributed by atoms with E-state index in [4.69, 9.17) is 0 Å². The second kappa shape index (κ2) is 12.5.